The van der Waals surface area contributed by atoms with Crippen LogP contribution in [0.3, 0.4) is 0 Å². The lowest BCUT2D eigenvalue weighted by atomic mass is 9.73. The van der Waals surface area contributed by atoms with Gasteiger partial charge in [0.2, 0.25) is 5.91 Å². The number of cyclic esters (lactones) is 1. The molecule has 8 nitrogen and oxygen atoms in total. The van der Waals surface area contributed by atoms with Crippen LogP contribution < -0.4 is 4.90 Å². The van der Waals surface area contributed by atoms with E-state index in [-0.39, 0.29) is 31.6 Å². The molecule has 0 aliphatic carbocycles. The van der Waals surface area contributed by atoms with Gasteiger partial charge in [-0.1, -0.05) is 55.5 Å². The Morgan fingerprint density at radius 3 is 2.58 bits per heavy atom. The second-order valence-corrected chi connectivity index (χ2v) is 10.5. The van der Waals surface area contributed by atoms with E-state index in [1.165, 1.54) is 0 Å². The Bertz CT molecular complexity index is 1350. The number of benzene rings is 2. The number of esters is 1. The first-order chi connectivity index (χ1) is 18.5. The number of likely N-dealkylation sites (tertiary alicyclic amines) is 1. The molecule has 2 aromatic rings. The summed E-state index contributed by atoms with van der Waals surface area (Å²) in [6.45, 7) is 2.65. The van der Waals surface area contributed by atoms with Gasteiger partial charge in [-0.15, -0.1) is 0 Å². The molecule has 198 valence electrons. The molecule has 4 aliphatic heterocycles. The highest BCUT2D eigenvalue weighted by molar-refractivity contribution is 6.06. The second-order valence-electron chi connectivity index (χ2n) is 10.5. The maximum absolute atomic E-state index is 14.5. The number of anilines is 1. The topological polar surface area (TPSA) is 96.4 Å². The molecule has 0 bridgehead atoms. The van der Waals surface area contributed by atoms with Gasteiger partial charge in [0.15, 0.2) is 0 Å². The summed E-state index contributed by atoms with van der Waals surface area (Å²) in [4.78, 5) is 45.2. The van der Waals surface area contributed by atoms with Gasteiger partial charge in [-0.3, -0.25) is 14.4 Å². The third kappa shape index (κ3) is 3.54. The van der Waals surface area contributed by atoms with Gasteiger partial charge in [0.1, 0.15) is 29.8 Å². The minimum Gasteiger partial charge on any atom is -0.461 e. The molecule has 8 heteroatoms. The SMILES string of the molecule is CC[C@@]12C=CCOC(=O)[C@@H]1[C@H]1C(=O)N(CCCCO)C3C(=O)N(c4ccc5ccccc5c4)CC=C[C@@]31O2. The summed E-state index contributed by atoms with van der Waals surface area (Å²) < 4.78 is 12.3. The van der Waals surface area contributed by atoms with Gasteiger partial charge in [0.05, 0.1) is 5.92 Å². The van der Waals surface area contributed by atoms with Crippen LogP contribution in [0.1, 0.15) is 26.2 Å². The predicted molar refractivity (Wildman–Crippen MR) is 141 cm³/mol. The van der Waals surface area contributed by atoms with Crippen LogP contribution in [-0.4, -0.2) is 71.3 Å². The lowest BCUT2D eigenvalue weighted by molar-refractivity contribution is -0.157. The number of nitrogens with zero attached hydrogens (tertiary/aromatic N) is 2. The molecule has 1 N–H and O–H groups in total. The van der Waals surface area contributed by atoms with Crippen molar-refractivity contribution >= 4 is 34.2 Å². The third-order valence-electron chi connectivity index (χ3n) is 8.55. The molecule has 2 amide bonds. The van der Waals surface area contributed by atoms with E-state index >= 15 is 0 Å². The normalized spacial score (nSPS) is 32.2. The number of aliphatic hydroxyl groups is 1. The average molecular weight is 517 g/mol. The Morgan fingerprint density at radius 2 is 1.79 bits per heavy atom. The molecule has 2 saturated heterocycles. The van der Waals surface area contributed by atoms with Gasteiger partial charge < -0.3 is 24.4 Å². The lowest BCUT2D eigenvalue weighted by Gasteiger charge is -2.38. The highest BCUT2D eigenvalue weighted by atomic mass is 16.6. The van der Waals surface area contributed by atoms with Crippen LogP contribution in [0.2, 0.25) is 0 Å². The van der Waals surface area contributed by atoms with E-state index in [0.29, 0.717) is 25.8 Å². The quantitative estimate of drug-likeness (QED) is 0.360. The number of carbonyl (C=O) groups is 3. The number of amides is 2. The van der Waals surface area contributed by atoms with Gasteiger partial charge in [0.25, 0.3) is 5.91 Å². The van der Waals surface area contributed by atoms with Crippen molar-refractivity contribution in [2.45, 2.75) is 43.4 Å². The first kappa shape index (κ1) is 24.8. The Morgan fingerprint density at radius 1 is 0.974 bits per heavy atom. The van der Waals surface area contributed by atoms with E-state index in [0.717, 1.165) is 16.5 Å². The fourth-order valence-corrected chi connectivity index (χ4v) is 6.81. The molecule has 0 radical (unpaired) electrons. The van der Waals surface area contributed by atoms with Gasteiger partial charge in [-0.25, -0.2) is 0 Å². The average Bonchev–Trinajstić information content (AvgIpc) is 3.20. The summed E-state index contributed by atoms with van der Waals surface area (Å²) in [6, 6.07) is 12.9. The second kappa shape index (κ2) is 9.36. The Balaban J connectivity index is 1.47. The van der Waals surface area contributed by atoms with Crippen LogP contribution in [0.15, 0.2) is 66.8 Å². The minimum absolute atomic E-state index is 0.00642. The van der Waals surface area contributed by atoms with Gasteiger partial charge in [-0.05, 0) is 48.2 Å². The minimum atomic E-state index is -1.31. The zero-order chi connectivity index (χ0) is 26.5. The number of unbranched alkanes of at least 4 members (excludes halogenated alkanes) is 1. The van der Waals surface area contributed by atoms with E-state index < -0.39 is 35.0 Å². The summed E-state index contributed by atoms with van der Waals surface area (Å²) in [5.41, 5.74) is -1.61. The number of ether oxygens (including phenoxy) is 2. The number of hydrogen-bond donors (Lipinski definition) is 1. The van der Waals surface area contributed by atoms with Crippen molar-refractivity contribution in [3.63, 3.8) is 0 Å². The van der Waals surface area contributed by atoms with Crippen molar-refractivity contribution < 1.29 is 29.0 Å². The maximum Gasteiger partial charge on any atom is 0.313 e. The third-order valence-corrected chi connectivity index (χ3v) is 8.55. The zero-order valence-corrected chi connectivity index (χ0v) is 21.4. The smallest absolute Gasteiger partial charge is 0.313 e. The Labute approximate surface area is 221 Å². The molecular formula is C30H32N2O6. The van der Waals surface area contributed by atoms with Crippen LogP contribution in [0, 0.1) is 11.8 Å². The van der Waals surface area contributed by atoms with E-state index in [4.69, 9.17) is 9.47 Å². The largest absolute Gasteiger partial charge is 0.461 e. The van der Waals surface area contributed by atoms with E-state index in [9.17, 15) is 19.5 Å². The Kier molecular flexibility index (Phi) is 6.12. The molecule has 6 rings (SSSR count). The van der Waals surface area contributed by atoms with Gasteiger partial charge >= 0.3 is 5.97 Å². The number of hydrogen-bond acceptors (Lipinski definition) is 6. The van der Waals surface area contributed by atoms with Crippen molar-refractivity contribution in [1.29, 1.82) is 0 Å². The molecule has 2 aromatic carbocycles. The van der Waals surface area contributed by atoms with Gasteiger partial charge in [-0.2, -0.15) is 0 Å². The van der Waals surface area contributed by atoms with Crippen molar-refractivity contribution in [2.24, 2.45) is 11.8 Å². The van der Waals surface area contributed by atoms with E-state index in [1.807, 2.05) is 67.6 Å². The standard InChI is InChI=1S/C30H32N2O6/c1-2-29-13-8-18-37-28(36)24(29)23-26(34)32(15-5-6-17-33)25-27(35)31(16-7-14-30(23,25)38-29)22-12-11-20-9-3-4-10-21(20)19-22/h3-4,7-14,19,23-25,33H,2,5-6,15-18H2,1H3/t23-,24-,25?,29+,30-/m0/s1. The summed E-state index contributed by atoms with van der Waals surface area (Å²) in [6.07, 6.45) is 8.83. The summed E-state index contributed by atoms with van der Waals surface area (Å²) >= 11 is 0. The van der Waals surface area contributed by atoms with E-state index in [1.54, 1.807) is 15.9 Å². The summed E-state index contributed by atoms with van der Waals surface area (Å²) in [5.74, 6) is -2.73. The highest BCUT2D eigenvalue weighted by Crippen LogP contribution is 2.58. The lowest BCUT2D eigenvalue weighted by Crippen LogP contribution is -2.56. The van der Waals surface area contributed by atoms with E-state index in [2.05, 4.69) is 0 Å². The van der Waals surface area contributed by atoms with Crippen molar-refractivity contribution in [3.8, 4) is 0 Å². The Hall–Kier alpha value is -3.49. The first-order valence-corrected chi connectivity index (χ1v) is 13.4. The first-order valence-electron chi connectivity index (χ1n) is 13.4. The molecular weight excluding hydrogens is 484 g/mol. The van der Waals surface area contributed by atoms with Crippen molar-refractivity contribution in [3.05, 3.63) is 66.8 Å². The van der Waals surface area contributed by atoms with Crippen LogP contribution in [-0.2, 0) is 23.9 Å². The van der Waals surface area contributed by atoms with Crippen LogP contribution in [0.25, 0.3) is 10.8 Å². The van der Waals surface area contributed by atoms with Crippen molar-refractivity contribution in [1.82, 2.24) is 4.90 Å². The molecule has 0 saturated carbocycles. The molecule has 1 spiro atoms. The van der Waals surface area contributed by atoms with Crippen LogP contribution in [0.5, 0.6) is 0 Å². The highest BCUT2D eigenvalue weighted by Gasteiger charge is 2.75. The molecule has 1 unspecified atom stereocenters. The fourth-order valence-electron chi connectivity index (χ4n) is 6.81. The fraction of sp³-hybridized carbons (Fsp3) is 0.433. The van der Waals surface area contributed by atoms with Crippen LogP contribution in [0.4, 0.5) is 5.69 Å². The monoisotopic (exact) mass is 516 g/mol. The molecule has 2 fully saturated rings. The maximum atomic E-state index is 14.5. The summed E-state index contributed by atoms with van der Waals surface area (Å²) in [5, 5.41) is 11.5. The number of aliphatic hydroxyl groups excluding tert-OH is 1. The summed E-state index contributed by atoms with van der Waals surface area (Å²) in [7, 11) is 0. The molecule has 4 aliphatic rings. The predicted octanol–water partition coefficient (Wildman–Crippen LogP) is 2.99. The molecule has 38 heavy (non-hydrogen) atoms. The molecule has 0 aromatic heterocycles. The number of fused-ring (bicyclic) bond motifs is 3. The van der Waals surface area contributed by atoms with Crippen molar-refractivity contribution in [2.75, 3.05) is 31.2 Å². The molecule has 4 heterocycles. The zero-order valence-electron chi connectivity index (χ0n) is 21.4. The number of carbonyl (C=O) groups excluding carboxylic acids is 3. The van der Waals surface area contributed by atoms with Gasteiger partial charge in [0, 0.05) is 25.4 Å². The van der Waals surface area contributed by atoms with Crippen LogP contribution >= 0.6 is 0 Å². The molecule has 5 atom stereocenters. The number of rotatable bonds is 6.